The van der Waals surface area contributed by atoms with E-state index in [1.165, 1.54) is 12.8 Å². The largest absolute Gasteiger partial charge is 0.453 e. The predicted octanol–water partition coefficient (Wildman–Crippen LogP) is 11.9. The second-order valence-corrected chi connectivity index (χ2v) is 12.2. The maximum atomic E-state index is 10.9. The average molecular weight is 698 g/mol. The van der Waals surface area contributed by atoms with E-state index in [0.717, 1.165) is 81.1 Å². The highest BCUT2D eigenvalue weighted by molar-refractivity contribution is 9.10. The Morgan fingerprint density at radius 3 is 1.17 bits per heavy atom. The molecule has 48 heavy (non-hydrogen) atoms. The van der Waals surface area contributed by atoms with E-state index >= 15 is 0 Å². The van der Waals surface area contributed by atoms with E-state index in [1.54, 1.807) is 0 Å². The molecule has 3 heterocycles. The smallest absolute Gasteiger partial charge is 0.151 e. The maximum Gasteiger partial charge on any atom is 0.151 e. The second kappa shape index (κ2) is 14.6. The molecule has 0 bridgehead atoms. The van der Waals surface area contributed by atoms with Crippen molar-refractivity contribution >= 4 is 56.3 Å². The highest BCUT2D eigenvalue weighted by Crippen LogP contribution is 2.51. The monoisotopic (exact) mass is 696 g/mol. The van der Waals surface area contributed by atoms with Gasteiger partial charge in [0.15, 0.2) is 23.0 Å². The van der Waals surface area contributed by atoms with E-state index < -0.39 is 0 Å². The van der Waals surface area contributed by atoms with Crippen molar-refractivity contribution in [3.05, 3.63) is 156 Å². The molecule has 0 N–H and O–H groups in total. The van der Waals surface area contributed by atoms with Crippen LogP contribution in [-0.4, -0.2) is 19.5 Å². The number of halogens is 1. The highest BCUT2D eigenvalue weighted by Gasteiger charge is 2.26. The van der Waals surface area contributed by atoms with Crippen LogP contribution in [0.2, 0.25) is 0 Å². The molecule has 0 unspecified atom stereocenters. The molecule has 9 rings (SSSR count). The molecule has 0 spiro atoms. The van der Waals surface area contributed by atoms with Crippen LogP contribution in [0.3, 0.4) is 0 Å². The molecular formula is C41H33BrN2O4. The van der Waals surface area contributed by atoms with Gasteiger partial charge in [0.05, 0.1) is 22.7 Å². The minimum Gasteiger partial charge on any atom is -0.453 e. The summed E-state index contributed by atoms with van der Waals surface area (Å²) in [6.07, 6.45) is 3.41. The summed E-state index contributed by atoms with van der Waals surface area (Å²) in [5, 5.41) is 0. The van der Waals surface area contributed by atoms with Crippen LogP contribution in [0.25, 0.3) is 0 Å². The first kappa shape index (κ1) is 31.2. The number of benzene rings is 6. The Kier molecular flexibility index (Phi) is 9.50. The van der Waals surface area contributed by atoms with E-state index in [9.17, 15) is 4.79 Å². The molecule has 6 nitrogen and oxygen atoms in total. The van der Waals surface area contributed by atoms with Gasteiger partial charge >= 0.3 is 0 Å². The lowest BCUT2D eigenvalue weighted by molar-refractivity contribution is 0.112. The van der Waals surface area contributed by atoms with Crippen molar-refractivity contribution in [1.82, 2.24) is 0 Å². The van der Waals surface area contributed by atoms with Crippen LogP contribution in [-0.2, 0) is 4.74 Å². The molecule has 0 saturated carbocycles. The number of nitrogens with zero attached hydrogens (tertiary/aromatic N) is 2. The van der Waals surface area contributed by atoms with Gasteiger partial charge in [-0.15, -0.1) is 0 Å². The zero-order valence-corrected chi connectivity index (χ0v) is 27.8. The summed E-state index contributed by atoms with van der Waals surface area (Å²) in [6, 6.07) is 47.9. The first-order chi connectivity index (χ1) is 23.7. The Bertz CT molecular complexity index is 1910. The van der Waals surface area contributed by atoms with E-state index in [-0.39, 0.29) is 0 Å². The Morgan fingerprint density at radius 2 is 0.833 bits per heavy atom. The first-order valence-corrected chi connectivity index (χ1v) is 16.7. The molecule has 6 aromatic carbocycles. The van der Waals surface area contributed by atoms with Crippen molar-refractivity contribution in [2.75, 3.05) is 23.0 Å². The summed E-state index contributed by atoms with van der Waals surface area (Å²) in [7, 11) is 0. The molecule has 0 atom stereocenters. The van der Waals surface area contributed by atoms with Gasteiger partial charge in [-0.1, -0.05) is 64.5 Å². The van der Waals surface area contributed by atoms with Crippen molar-refractivity contribution in [2.45, 2.75) is 12.8 Å². The summed E-state index contributed by atoms with van der Waals surface area (Å²) < 4.78 is 18.0. The molecule has 0 radical (unpaired) electrons. The number of hydrogen-bond donors (Lipinski definition) is 0. The van der Waals surface area contributed by atoms with Crippen LogP contribution in [0.1, 0.15) is 23.2 Å². The highest BCUT2D eigenvalue weighted by atomic mass is 79.9. The zero-order chi connectivity index (χ0) is 32.7. The standard InChI is InChI=1S/C19H13NO2.C18H12BrNO.C4H8O/c21-13-14-9-11-15(12-10-14)20-16-5-1-3-7-18(16)22-19-8-4-2-6-17(19)20;19-13-9-11-14(12-10-13)20-15-5-1-3-7-17(15)21-18-8-4-2-6-16(18)20;1-2-4-5-3-1/h1-13H;1-12H;1-4H2. The number of carbonyl (C=O) groups excluding carboxylic acids is 1. The molecule has 7 heteroatoms. The van der Waals surface area contributed by atoms with Crippen LogP contribution < -0.4 is 19.3 Å². The van der Waals surface area contributed by atoms with Gasteiger partial charge in [0.2, 0.25) is 0 Å². The van der Waals surface area contributed by atoms with Crippen molar-refractivity contribution in [2.24, 2.45) is 0 Å². The molecule has 3 aliphatic heterocycles. The Balaban J connectivity index is 0.000000133. The molecule has 0 aliphatic carbocycles. The zero-order valence-electron chi connectivity index (χ0n) is 26.2. The van der Waals surface area contributed by atoms with Gasteiger partial charge in [-0.3, -0.25) is 4.79 Å². The maximum absolute atomic E-state index is 10.9. The number of ether oxygens (including phenoxy) is 3. The van der Waals surface area contributed by atoms with Crippen molar-refractivity contribution < 1.29 is 19.0 Å². The van der Waals surface area contributed by atoms with Crippen LogP contribution in [0.4, 0.5) is 34.1 Å². The third-order valence-electron chi connectivity index (χ3n) is 8.06. The minimum atomic E-state index is 0.665. The second-order valence-electron chi connectivity index (χ2n) is 11.3. The van der Waals surface area contributed by atoms with Gasteiger partial charge < -0.3 is 24.0 Å². The fourth-order valence-electron chi connectivity index (χ4n) is 5.77. The van der Waals surface area contributed by atoms with E-state index in [2.05, 4.69) is 62.1 Å². The fourth-order valence-corrected chi connectivity index (χ4v) is 6.03. The van der Waals surface area contributed by atoms with Crippen molar-refractivity contribution in [1.29, 1.82) is 0 Å². The molecule has 3 aliphatic rings. The average Bonchev–Trinajstić information content (AvgIpc) is 3.75. The molecule has 1 fully saturated rings. The summed E-state index contributed by atoms with van der Waals surface area (Å²) in [5.41, 5.74) is 6.85. The minimum absolute atomic E-state index is 0.665. The van der Waals surface area contributed by atoms with E-state index in [1.807, 2.05) is 109 Å². The number of anilines is 6. The molecular weight excluding hydrogens is 664 g/mol. The van der Waals surface area contributed by atoms with E-state index in [0.29, 0.717) is 5.56 Å². The van der Waals surface area contributed by atoms with Gasteiger partial charge in [0.1, 0.15) is 6.29 Å². The number of aldehydes is 1. The molecule has 0 aromatic heterocycles. The van der Waals surface area contributed by atoms with Crippen LogP contribution in [0.15, 0.2) is 150 Å². The normalized spacial score (nSPS) is 13.4. The SMILES string of the molecule is Brc1ccc(N2c3ccccc3Oc3ccccc32)cc1.C1CCOC1.O=Cc1ccc(N2c3ccccc3Oc3ccccc32)cc1. The summed E-state index contributed by atoms with van der Waals surface area (Å²) in [6.45, 7) is 2.00. The molecule has 1 saturated heterocycles. The van der Waals surface area contributed by atoms with Crippen LogP contribution in [0.5, 0.6) is 23.0 Å². The lowest BCUT2D eigenvalue weighted by Gasteiger charge is -2.32. The first-order valence-electron chi connectivity index (χ1n) is 15.9. The summed E-state index contributed by atoms with van der Waals surface area (Å²) in [4.78, 5) is 15.2. The fraction of sp³-hybridized carbons (Fsp3) is 0.0976. The van der Waals surface area contributed by atoms with Gasteiger partial charge in [0.25, 0.3) is 0 Å². The topological polar surface area (TPSA) is 51.2 Å². The van der Waals surface area contributed by atoms with Crippen LogP contribution >= 0.6 is 15.9 Å². The third kappa shape index (κ3) is 6.69. The summed E-state index contributed by atoms with van der Waals surface area (Å²) >= 11 is 3.49. The Hall–Kier alpha value is -5.37. The Labute approximate surface area is 288 Å². The number of fused-ring (bicyclic) bond motifs is 4. The molecule has 0 amide bonds. The number of carbonyl (C=O) groups is 1. The van der Waals surface area contributed by atoms with Crippen molar-refractivity contribution in [3.8, 4) is 23.0 Å². The van der Waals surface area contributed by atoms with E-state index in [4.69, 9.17) is 14.2 Å². The Morgan fingerprint density at radius 1 is 0.479 bits per heavy atom. The third-order valence-corrected chi connectivity index (χ3v) is 8.59. The molecule has 238 valence electrons. The van der Waals surface area contributed by atoms with Gasteiger partial charge in [-0.2, -0.15) is 0 Å². The number of hydrogen-bond acceptors (Lipinski definition) is 6. The van der Waals surface area contributed by atoms with Gasteiger partial charge in [-0.05, 0) is 110 Å². The lowest BCUT2D eigenvalue weighted by Crippen LogP contribution is -2.15. The quantitative estimate of drug-likeness (QED) is 0.171. The number of para-hydroxylation sites is 8. The lowest BCUT2D eigenvalue weighted by atomic mass is 10.1. The van der Waals surface area contributed by atoms with Gasteiger partial charge in [-0.25, -0.2) is 0 Å². The number of rotatable bonds is 3. The summed E-state index contributed by atoms with van der Waals surface area (Å²) in [5.74, 6) is 3.39. The molecule has 6 aromatic rings. The van der Waals surface area contributed by atoms with Gasteiger partial charge in [0, 0.05) is 34.6 Å². The predicted molar refractivity (Wildman–Crippen MR) is 196 cm³/mol. The van der Waals surface area contributed by atoms with Crippen LogP contribution in [0, 0.1) is 0 Å². The van der Waals surface area contributed by atoms with Crippen molar-refractivity contribution in [3.63, 3.8) is 0 Å².